The van der Waals surface area contributed by atoms with Crippen LogP contribution in [0.5, 0.6) is 0 Å². The van der Waals surface area contributed by atoms with Crippen molar-refractivity contribution >= 4 is 5.97 Å². The molecular weight excluding hydrogens is 190 g/mol. The summed E-state index contributed by atoms with van der Waals surface area (Å²) < 4.78 is 0. The molecule has 2 N–H and O–H groups in total. The molecule has 0 heterocycles. The third-order valence-electron chi connectivity index (χ3n) is 2.12. The average molecular weight is 207 g/mol. The lowest BCUT2D eigenvalue weighted by Gasteiger charge is -2.17. The molecular formula is C12H17NO2. The van der Waals surface area contributed by atoms with Crippen molar-refractivity contribution in [2.75, 3.05) is 0 Å². The van der Waals surface area contributed by atoms with Crippen LogP contribution in [0, 0.1) is 0 Å². The Morgan fingerprint density at radius 3 is 2.40 bits per heavy atom. The number of aliphatic carboxylic acids is 1. The highest BCUT2D eigenvalue weighted by atomic mass is 16.4. The van der Waals surface area contributed by atoms with Crippen LogP contribution in [-0.4, -0.2) is 23.2 Å². The number of carbonyl (C=O) groups is 1. The summed E-state index contributed by atoms with van der Waals surface area (Å²) in [6.07, 6.45) is 0.522. The maximum Gasteiger partial charge on any atom is 0.321 e. The molecule has 0 bridgehead atoms. The molecule has 0 spiro atoms. The second-order valence-electron chi connectivity index (χ2n) is 3.90. The molecule has 82 valence electrons. The van der Waals surface area contributed by atoms with Crippen molar-refractivity contribution in [3.05, 3.63) is 35.9 Å². The Morgan fingerprint density at radius 1 is 1.33 bits per heavy atom. The first-order chi connectivity index (χ1) is 7.09. The summed E-state index contributed by atoms with van der Waals surface area (Å²) in [6.45, 7) is 3.89. The van der Waals surface area contributed by atoms with Crippen molar-refractivity contribution in [1.29, 1.82) is 0 Å². The molecule has 0 aromatic heterocycles. The molecule has 1 aromatic rings. The van der Waals surface area contributed by atoms with E-state index in [4.69, 9.17) is 5.11 Å². The van der Waals surface area contributed by atoms with Gasteiger partial charge in [-0.05, 0) is 12.0 Å². The summed E-state index contributed by atoms with van der Waals surface area (Å²) in [6, 6.07) is 9.32. The Balaban J connectivity index is 2.63. The van der Waals surface area contributed by atoms with E-state index < -0.39 is 12.0 Å². The second-order valence-corrected chi connectivity index (χ2v) is 3.90. The largest absolute Gasteiger partial charge is 0.480 e. The Bertz CT molecular complexity index is 309. The quantitative estimate of drug-likeness (QED) is 0.772. The van der Waals surface area contributed by atoms with Gasteiger partial charge >= 0.3 is 5.97 Å². The summed E-state index contributed by atoms with van der Waals surface area (Å²) in [4.78, 5) is 11.0. The molecule has 0 amide bonds. The molecule has 0 fully saturated rings. The fourth-order valence-corrected chi connectivity index (χ4v) is 1.47. The molecule has 15 heavy (non-hydrogen) atoms. The SMILES string of the molecule is CC(C)N[C@@H](Cc1ccccc1)C(=O)O. The van der Waals surface area contributed by atoms with Crippen molar-refractivity contribution in [2.24, 2.45) is 0 Å². The minimum absolute atomic E-state index is 0.176. The monoisotopic (exact) mass is 207 g/mol. The fraction of sp³-hybridized carbons (Fsp3) is 0.417. The van der Waals surface area contributed by atoms with Gasteiger partial charge in [-0.15, -0.1) is 0 Å². The van der Waals surface area contributed by atoms with E-state index in [1.54, 1.807) is 0 Å². The minimum atomic E-state index is -0.799. The lowest BCUT2D eigenvalue weighted by Crippen LogP contribution is -2.42. The van der Waals surface area contributed by atoms with Gasteiger partial charge in [0.15, 0.2) is 0 Å². The zero-order valence-electron chi connectivity index (χ0n) is 9.10. The molecule has 0 saturated carbocycles. The van der Waals surface area contributed by atoms with Crippen LogP contribution >= 0.6 is 0 Å². The number of benzene rings is 1. The third-order valence-corrected chi connectivity index (χ3v) is 2.12. The molecule has 3 nitrogen and oxygen atoms in total. The summed E-state index contributed by atoms with van der Waals surface area (Å²) in [7, 11) is 0. The van der Waals surface area contributed by atoms with E-state index >= 15 is 0 Å². The van der Waals surface area contributed by atoms with Gasteiger partial charge in [0.25, 0.3) is 0 Å². The van der Waals surface area contributed by atoms with Gasteiger partial charge < -0.3 is 10.4 Å². The zero-order chi connectivity index (χ0) is 11.3. The van der Waals surface area contributed by atoms with E-state index in [1.807, 2.05) is 44.2 Å². The second kappa shape index (κ2) is 5.51. The summed E-state index contributed by atoms with van der Waals surface area (Å²) in [5.41, 5.74) is 1.04. The number of rotatable bonds is 5. The Morgan fingerprint density at radius 2 is 1.93 bits per heavy atom. The number of carboxylic acids is 1. The molecule has 1 rings (SSSR count). The van der Waals surface area contributed by atoms with Crippen LogP contribution in [0.3, 0.4) is 0 Å². The Hall–Kier alpha value is -1.35. The van der Waals surface area contributed by atoms with Gasteiger partial charge in [0, 0.05) is 6.04 Å². The first kappa shape index (κ1) is 11.7. The number of nitrogens with one attached hydrogen (secondary N) is 1. The highest BCUT2D eigenvalue weighted by Crippen LogP contribution is 2.04. The van der Waals surface area contributed by atoms with Crippen molar-refractivity contribution in [1.82, 2.24) is 5.32 Å². The van der Waals surface area contributed by atoms with Gasteiger partial charge in [-0.3, -0.25) is 4.79 Å². The molecule has 0 aliphatic heterocycles. The topological polar surface area (TPSA) is 49.3 Å². The van der Waals surface area contributed by atoms with Gasteiger partial charge in [-0.1, -0.05) is 44.2 Å². The van der Waals surface area contributed by atoms with Gasteiger partial charge in [0.1, 0.15) is 6.04 Å². The van der Waals surface area contributed by atoms with Crippen molar-refractivity contribution < 1.29 is 9.90 Å². The Labute approximate surface area is 90.1 Å². The van der Waals surface area contributed by atoms with Gasteiger partial charge in [0.2, 0.25) is 0 Å². The smallest absolute Gasteiger partial charge is 0.321 e. The van der Waals surface area contributed by atoms with Crippen LogP contribution in [0.15, 0.2) is 30.3 Å². The molecule has 0 saturated heterocycles. The maximum absolute atomic E-state index is 11.0. The number of hydrogen-bond donors (Lipinski definition) is 2. The van der Waals surface area contributed by atoms with Crippen LogP contribution in [0.25, 0.3) is 0 Å². The summed E-state index contributed by atoms with van der Waals surface area (Å²) >= 11 is 0. The van der Waals surface area contributed by atoms with Crippen LogP contribution in [0.4, 0.5) is 0 Å². The van der Waals surface area contributed by atoms with Crippen LogP contribution in [0.1, 0.15) is 19.4 Å². The van der Waals surface area contributed by atoms with Crippen molar-refractivity contribution in [3.63, 3.8) is 0 Å². The van der Waals surface area contributed by atoms with E-state index in [-0.39, 0.29) is 6.04 Å². The highest BCUT2D eigenvalue weighted by Gasteiger charge is 2.17. The summed E-state index contributed by atoms with van der Waals surface area (Å²) in [5, 5.41) is 12.0. The highest BCUT2D eigenvalue weighted by molar-refractivity contribution is 5.73. The molecule has 3 heteroatoms. The van der Waals surface area contributed by atoms with Crippen LogP contribution < -0.4 is 5.32 Å². The molecule has 0 aliphatic rings. The first-order valence-corrected chi connectivity index (χ1v) is 5.12. The van der Waals surface area contributed by atoms with E-state index in [0.29, 0.717) is 6.42 Å². The third kappa shape index (κ3) is 4.13. The average Bonchev–Trinajstić information content (AvgIpc) is 2.17. The van der Waals surface area contributed by atoms with Gasteiger partial charge in [-0.25, -0.2) is 0 Å². The predicted molar refractivity (Wildman–Crippen MR) is 59.8 cm³/mol. The number of hydrogen-bond acceptors (Lipinski definition) is 2. The zero-order valence-corrected chi connectivity index (χ0v) is 9.10. The van der Waals surface area contributed by atoms with E-state index in [9.17, 15) is 4.79 Å². The van der Waals surface area contributed by atoms with E-state index in [2.05, 4.69) is 5.32 Å². The Kier molecular flexibility index (Phi) is 4.31. The maximum atomic E-state index is 11.0. The van der Waals surface area contributed by atoms with E-state index in [1.165, 1.54) is 0 Å². The standard InChI is InChI=1S/C12H17NO2/c1-9(2)13-11(12(14)15)8-10-6-4-3-5-7-10/h3-7,9,11,13H,8H2,1-2H3,(H,14,15)/t11-/m0/s1. The minimum Gasteiger partial charge on any atom is -0.480 e. The molecule has 1 atom stereocenters. The van der Waals surface area contributed by atoms with E-state index in [0.717, 1.165) is 5.56 Å². The predicted octanol–water partition coefficient (Wildman–Crippen LogP) is 1.68. The fourth-order valence-electron chi connectivity index (χ4n) is 1.47. The van der Waals surface area contributed by atoms with Crippen molar-refractivity contribution in [2.45, 2.75) is 32.4 Å². The molecule has 0 aliphatic carbocycles. The van der Waals surface area contributed by atoms with Crippen molar-refractivity contribution in [3.8, 4) is 0 Å². The summed E-state index contributed by atoms with van der Waals surface area (Å²) in [5.74, 6) is -0.799. The molecule has 0 unspecified atom stereocenters. The lowest BCUT2D eigenvalue weighted by molar-refractivity contribution is -0.139. The lowest BCUT2D eigenvalue weighted by atomic mass is 10.1. The molecule has 0 radical (unpaired) electrons. The van der Waals surface area contributed by atoms with Crippen LogP contribution in [0.2, 0.25) is 0 Å². The van der Waals surface area contributed by atoms with Crippen LogP contribution in [-0.2, 0) is 11.2 Å². The van der Waals surface area contributed by atoms with Gasteiger partial charge in [-0.2, -0.15) is 0 Å². The molecule has 1 aromatic carbocycles. The number of carboxylic acid groups (broad SMARTS) is 1. The normalized spacial score (nSPS) is 12.7. The first-order valence-electron chi connectivity index (χ1n) is 5.12. The van der Waals surface area contributed by atoms with Gasteiger partial charge in [0.05, 0.1) is 0 Å².